The average molecular weight is 491 g/mol. The molecular weight excluding hydrogens is 464 g/mol. The van der Waals surface area contributed by atoms with Gasteiger partial charge < -0.3 is 9.47 Å². The minimum Gasteiger partial charge on any atom is -0.340 e. The van der Waals surface area contributed by atoms with Crippen LogP contribution < -0.4 is 16.1 Å². The minimum atomic E-state index is -0.468. The Bertz CT molecular complexity index is 1480. The lowest BCUT2D eigenvalue weighted by Crippen LogP contribution is -2.46. The summed E-state index contributed by atoms with van der Waals surface area (Å²) in [7, 11) is 1.63. The Morgan fingerprint density at radius 3 is 2.54 bits per heavy atom. The Morgan fingerprint density at radius 2 is 1.80 bits per heavy atom. The van der Waals surface area contributed by atoms with Crippen LogP contribution in [0.3, 0.4) is 0 Å². The quantitative estimate of drug-likeness (QED) is 0.449. The first-order chi connectivity index (χ1) is 17.0. The zero-order valence-electron chi connectivity index (χ0n) is 19.5. The molecule has 3 heterocycles. The second-order valence-corrected chi connectivity index (χ2v) is 9.16. The third-order valence-electron chi connectivity index (χ3n) is 6.34. The number of fused-ring (bicyclic) bond motifs is 1. The number of hydrogen-bond donors (Lipinski definition) is 1. The van der Waals surface area contributed by atoms with Crippen LogP contribution in [0.25, 0.3) is 17.2 Å². The Balaban J connectivity index is 1.42. The Morgan fingerprint density at radius 1 is 1.03 bits per heavy atom. The summed E-state index contributed by atoms with van der Waals surface area (Å²) in [5.41, 5.74) is 2.17. The molecule has 0 atom stereocenters. The first kappa shape index (κ1) is 23.1. The van der Waals surface area contributed by atoms with Crippen LogP contribution >= 0.6 is 11.6 Å². The second-order valence-electron chi connectivity index (χ2n) is 8.72. The van der Waals surface area contributed by atoms with E-state index >= 15 is 0 Å². The van der Waals surface area contributed by atoms with Crippen LogP contribution in [0, 0.1) is 0 Å². The molecule has 2 aromatic heterocycles. The van der Waals surface area contributed by atoms with Gasteiger partial charge in [0, 0.05) is 51.3 Å². The number of H-pyrrole nitrogens is 1. The number of halogens is 1. The lowest BCUT2D eigenvalue weighted by Gasteiger charge is -2.35. The third kappa shape index (κ3) is 4.94. The SMILES string of the molecule is Cn1c(=O)[nH]c(=O)c2c1nc(N1CCN(Cc3cccc(Cl)c3)CC1)n2C/C=C/c1ccccc1. The van der Waals surface area contributed by atoms with Gasteiger partial charge in [0.25, 0.3) is 5.56 Å². The van der Waals surface area contributed by atoms with E-state index in [1.165, 1.54) is 10.1 Å². The van der Waals surface area contributed by atoms with Crippen LogP contribution in [0.4, 0.5) is 5.95 Å². The molecule has 1 aliphatic heterocycles. The largest absolute Gasteiger partial charge is 0.340 e. The highest BCUT2D eigenvalue weighted by Crippen LogP contribution is 2.22. The summed E-state index contributed by atoms with van der Waals surface area (Å²) < 4.78 is 3.30. The number of aryl methyl sites for hydroxylation is 1. The average Bonchev–Trinajstić information content (AvgIpc) is 3.24. The summed E-state index contributed by atoms with van der Waals surface area (Å²) in [5.74, 6) is 0.701. The van der Waals surface area contributed by atoms with Crippen LogP contribution in [0.15, 0.2) is 70.3 Å². The van der Waals surface area contributed by atoms with Crippen molar-refractivity contribution < 1.29 is 0 Å². The monoisotopic (exact) mass is 490 g/mol. The molecule has 1 fully saturated rings. The number of allylic oxidation sites excluding steroid dienone is 1. The summed E-state index contributed by atoms with van der Waals surface area (Å²) in [6.07, 6.45) is 4.04. The number of aromatic nitrogens is 4. The number of piperazine rings is 1. The van der Waals surface area contributed by atoms with Crippen molar-refractivity contribution in [1.29, 1.82) is 0 Å². The van der Waals surface area contributed by atoms with Gasteiger partial charge in [-0.3, -0.25) is 19.2 Å². The first-order valence-corrected chi connectivity index (χ1v) is 12.0. The van der Waals surface area contributed by atoms with Crippen molar-refractivity contribution in [3.05, 3.63) is 97.7 Å². The highest BCUT2D eigenvalue weighted by atomic mass is 35.5. The topological polar surface area (TPSA) is 79.2 Å². The number of imidazole rings is 1. The van der Waals surface area contributed by atoms with Crippen molar-refractivity contribution in [2.75, 3.05) is 31.1 Å². The molecule has 2 aromatic carbocycles. The van der Waals surface area contributed by atoms with Gasteiger partial charge >= 0.3 is 5.69 Å². The zero-order chi connectivity index (χ0) is 24.4. The van der Waals surface area contributed by atoms with Gasteiger partial charge in [-0.15, -0.1) is 0 Å². The van der Waals surface area contributed by atoms with Gasteiger partial charge in [-0.25, -0.2) is 4.79 Å². The standard InChI is InChI=1S/C26H27ClN6O2/c1-30-23-22(24(34)29-26(30)35)33(12-6-10-19-7-3-2-4-8-19)25(28-23)32-15-13-31(14-16-32)18-20-9-5-11-21(27)17-20/h2-11,17H,12-16,18H2,1H3,(H,29,34,35)/b10-6+. The summed E-state index contributed by atoms with van der Waals surface area (Å²) in [4.78, 5) is 36.7. The van der Waals surface area contributed by atoms with Gasteiger partial charge in [0.1, 0.15) is 0 Å². The van der Waals surface area contributed by atoms with Crippen LogP contribution in [0.5, 0.6) is 0 Å². The molecule has 1 aliphatic rings. The van der Waals surface area contributed by atoms with E-state index in [0.29, 0.717) is 23.7 Å². The molecule has 9 heteroatoms. The van der Waals surface area contributed by atoms with E-state index in [2.05, 4.69) is 20.9 Å². The fourth-order valence-corrected chi connectivity index (χ4v) is 4.71. The number of hydrogen-bond acceptors (Lipinski definition) is 5. The molecule has 1 saturated heterocycles. The van der Waals surface area contributed by atoms with Gasteiger partial charge in [0.15, 0.2) is 11.2 Å². The highest BCUT2D eigenvalue weighted by molar-refractivity contribution is 6.30. The van der Waals surface area contributed by atoms with Crippen molar-refractivity contribution >= 4 is 34.8 Å². The maximum absolute atomic E-state index is 12.8. The third-order valence-corrected chi connectivity index (χ3v) is 6.57. The maximum atomic E-state index is 12.8. The lowest BCUT2D eigenvalue weighted by molar-refractivity contribution is 0.248. The molecule has 0 spiro atoms. The molecule has 1 N–H and O–H groups in total. The summed E-state index contributed by atoms with van der Waals surface area (Å²) in [6.45, 7) is 4.52. The molecule has 8 nitrogen and oxygen atoms in total. The Labute approximate surface area is 207 Å². The number of aromatic amines is 1. The van der Waals surface area contributed by atoms with Crippen molar-refractivity contribution in [3.8, 4) is 0 Å². The molecule has 0 amide bonds. The van der Waals surface area contributed by atoms with Crippen LogP contribution in [-0.2, 0) is 20.1 Å². The number of rotatable bonds is 6. The predicted octanol–water partition coefficient (Wildman–Crippen LogP) is 3.11. The molecule has 35 heavy (non-hydrogen) atoms. The van der Waals surface area contributed by atoms with Crippen molar-refractivity contribution in [2.24, 2.45) is 7.05 Å². The molecule has 0 aliphatic carbocycles. The molecule has 0 saturated carbocycles. The molecule has 180 valence electrons. The fourth-order valence-electron chi connectivity index (χ4n) is 4.50. The fraction of sp³-hybridized carbons (Fsp3) is 0.269. The summed E-state index contributed by atoms with van der Waals surface area (Å²) >= 11 is 6.14. The van der Waals surface area contributed by atoms with Gasteiger partial charge in [-0.05, 0) is 23.3 Å². The molecular formula is C26H27ClN6O2. The summed E-state index contributed by atoms with van der Waals surface area (Å²) in [6, 6.07) is 17.9. The van der Waals surface area contributed by atoms with E-state index < -0.39 is 11.2 Å². The van der Waals surface area contributed by atoms with Gasteiger partial charge in [0.05, 0.1) is 0 Å². The van der Waals surface area contributed by atoms with Crippen molar-refractivity contribution in [1.82, 2.24) is 24.0 Å². The molecule has 0 bridgehead atoms. The lowest BCUT2D eigenvalue weighted by atomic mass is 10.2. The van der Waals surface area contributed by atoms with E-state index in [1.54, 1.807) is 7.05 Å². The minimum absolute atomic E-state index is 0.392. The van der Waals surface area contributed by atoms with Gasteiger partial charge in [-0.2, -0.15) is 4.98 Å². The number of nitrogens with zero attached hydrogens (tertiary/aromatic N) is 5. The molecule has 0 radical (unpaired) electrons. The second kappa shape index (κ2) is 9.93. The van der Waals surface area contributed by atoms with Crippen LogP contribution in [0.1, 0.15) is 11.1 Å². The number of anilines is 1. The van der Waals surface area contributed by atoms with Crippen molar-refractivity contribution in [2.45, 2.75) is 13.1 Å². The van der Waals surface area contributed by atoms with E-state index in [0.717, 1.165) is 43.3 Å². The van der Waals surface area contributed by atoms with E-state index in [9.17, 15) is 9.59 Å². The molecule has 0 unspecified atom stereocenters. The van der Waals surface area contributed by atoms with Crippen molar-refractivity contribution in [3.63, 3.8) is 0 Å². The zero-order valence-corrected chi connectivity index (χ0v) is 20.3. The Hall–Kier alpha value is -3.62. The maximum Gasteiger partial charge on any atom is 0.329 e. The van der Waals surface area contributed by atoms with E-state index in [-0.39, 0.29) is 0 Å². The number of benzene rings is 2. The highest BCUT2D eigenvalue weighted by Gasteiger charge is 2.24. The van der Waals surface area contributed by atoms with Crippen LogP contribution in [0.2, 0.25) is 5.02 Å². The van der Waals surface area contributed by atoms with Gasteiger partial charge in [0.2, 0.25) is 5.95 Å². The number of nitrogens with one attached hydrogen (secondary N) is 1. The smallest absolute Gasteiger partial charge is 0.329 e. The van der Waals surface area contributed by atoms with E-state index in [1.807, 2.05) is 65.3 Å². The first-order valence-electron chi connectivity index (χ1n) is 11.6. The van der Waals surface area contributed by atoms with Crippen LogP contribution in [-0.4, -0.2) is 50.2 Å². The predicted molar refractivity (Wildman–Crippen MR) is 140 cm³/mol. The van der Waals surface area contributed by atoms with E-state index in [4.69, 9.17) is 16.6 Å². The molecule has 5 rings (SSSR count). The normalized spacial score (nSPS) is 14.9. The van der Waals surface area contributed by atoms with Gasteiger partial charge in [-0.1, -0.05) is 66.2 Å². The Kier molecular flexibility index (Phi) is 6.57. The molecule has 4 aromatic rings. The summed E-state index contributed by atoms with van der Waals surface area (Å²) in [5, 5.41) is 0.745.